The molecule has 0 N–H and O–H groups in total. The fourth-order valence-electron chi connectivity index (χ4n) is 3.93. The topological polar surface area (TPSA) is 36.9 Å². The van der Waals surface area contributed by atoms with Gasteiger partial charge in [0, 0.05) is 26.6 Å². The van der Waals surface area contributed by atoms with E-state index in [1.165, 1.54) is 32.1 Å². The second-order valence-corrected chi connectivity index (χ2v) is 6.55. The summed E-state index contributed by atoms with van der Waals surface area (Å²) < 4.78 is 36.1. The molecule has 5 heteroatoms. The van der Waals surface area contributed by atoms with E-state index in [0.717, 1.165) is 13.0 Å². The Morgan fingerprint density at radius 2 is 2.05 bits per heavy atom. The van der Waals surface area contributed by atoms with Crippen molar-refractivity contribution in [1.82, 2.24) is 0 Å². The highest BCUT2D eigenvalue weighted by atomic mass is 19.1. The van der Waals surface area contributed by atoms with Crippen LogP contribution in [0, 0.1) is 5.92 Å². The van der Waals surface area contributed by atoms with E-state index in [1.54, 1.807) is 7.11 Å². The number of hydrogen-bond donors (Lipinski definition) is 0. The molecule has 2 aliphatic heterocycles. The van der Waals surface area contributed by atoms with Gasteiger partial charge in [-0.3, -0.25) is 4.39 Å². The van der Waals surface area contributed by atoms with Crippen LogP contribution in [-0.4, -0.2) is 51.1 Å². The highest BCUT2D eigenvalue weighted by molar-refractivity contribution is 4.97. The first-order valence-corrected chi connectivity index (χ1v) is 8.29. The lowest BCUT2D eigenvalue weighted by molar-refractivity contribution is -0.277. The number of ether oxygens (including phenoxy) is 4. The third-order valence-corrected chi connectivity index (χ3v) is 5.19. The van der Waals surface area contributed by atoms with Crippen LogP contribution in [0.3, 0.4) is 0 Å². The maximum Gasteiger partial charge on any atom is 0.197 e. The minimum Gasteiger partial charge on any atom is -0.376 e. The van der Waals surface area contributed by atoms with Gasteiger partial charge in [0.15, 0.2) is 5.79 Å². The summed E-state index contributed by atoms with van der Waals surface area (Å²) in [6, 6.07) is 0. The first kappa shape index (κ1) is 15.7. The summed E-state index contributed by atoms with van der Waals surface area (Å²) in [6.45, 7) is 0.826. The SMILES string of the molecule is CO[C@@H]1C[C@H](OCC2CCCCC2)[C@H]2COC1(CCF)O2. The van der Waals surface area contributed by atoms with Crippen LogP contribution < -0.4 is 0 Å². The molecule has 4 nitrogen and oxygen atoms in total. The number of hydrogen-bond acceptors (Lipinski definition) is 4. The molecule has 0 aromatic carbocycles. The molecule has 3 aliphatic rings. The van der Waals surface area contributed by atoms with Crippen molar-refractivity contribution in [3.63, 3.8) is 0 Å². The summed E-state index contributed by atoms with van der Waals surface area (Å²) in [4.78, 5) is 0. The molecule has 0 aromatic heterocycles. The van der Waals surface area contributed by atoms with Gasteiger partial charge < -0.3 is 18.9 Å². The van der Waals surface area contributed by atoms with Crippen LogP contribution in [0.5, 0.6) is 0 Å². The largest absolute Gasteiger partial charge is 0.376 e. The van der Waals surface area contributed by atoms with E-state index in [-0.39, 0.29) is 24.7 Å². The summed E-state index contributed by atoms with van der Waals surface area (Å²) in [6.07, 6.45) is 7.19. The van der Waals surface area contributed by atoms with E-state index in [2.05, 4.69) is 0 Å². The standard InChI is InChI=1S/C16H27FO4/c1-18-15-9-13(19-10-12-5-3-2-4-6-12)14-11-20-16(15,21-14)7-8-17/h12-15H,2-11H2,1H3/t13-,14+,15+,16?/m0/s1. The molecular formula is C16H27FO4. The predicted octanol–water partition coefficient (Wildman–Crippen LogP) is 2.84. The number of fused-ring (bicyclic) bond motifs is 2. The van der Waals surface area contributed by atoms with Crippen LogP contribution in [0.2, 0.25) is 0 Å². The van der Waals surface area contributed by atoms with E-state index in [0.29, 0.717) is 12.5 Å². The zero-order chi connectivity index (χ0) is 14.7. The van der Waals surface area contributed by atoms with Crippen molar-refractivity contribution >= 4 is 0 Å². The van der Waals surface area contributed by atoms with E-state index in [9.17, 15) is 4.39 Å². The summed E-state index contributed by atoms with van der Waals surface area (Å²) in [5, 5.41) is 0. The van der Waals surface area contributed by atoms with Gasteiger partial charge in [0.1, 0.15) is 12.2 Å². The van der Waals surface area contributed by atoms with E-state index in [1.807, 2.05) is 0 Å². The van der Waals surface area contributed by atoms with Crippen LogP contribution in [0.1, 0.15) is 44.9 Å². The molecule has 1 saturated carbocycles. The Morgan fingerprint density at radius 3 is 2.76 bits per heavy atom. The molecule has 0 radical (unpaired) electrons. The van der Waals surface area contributed by atoms with Crippen molar-refractivity contribution in [2.24, 2.45) is 5.92 Å². The predicted molar refractivity (Wildman–Crippen MR) is 75.9 cm³/mol. The fourth-order valence-corrected chi connectivity index (χ4v) is 3.93. The molecule has 0 spiro atoms. The number of halogens is 1. The summed E-state index contributed by atoms with van der Waals surface area (Å²) >= 11 is 0. The van der Waals surface area contributed by atoms with Crippen LogP contribution >= 0.6 is 0 Å². The minimum atomic E-state index is -0.890. The molecule has 1 aliphatic carbocycles. The lowest BCUT2D eigenvalue weighted by Gasteiger charge is -2.41. The van der Waals surface area contributed by atoms with Gasteiger partial charge in [-0.05, 0) is 18.8 Å². The van der Waals surface area contributed by atoms with E-state index in [4.69, 9.17) is 18.9 Å². The molecular weight excluding hydrogens is 275 g/mol. The van der Waals surface area contributed by atoms with Crippen molar-refractivity contribution in [3.8, 4) is 0 Å². The van der Waals surface area contributed by atoms with Gasteiger partial charge in [0.25, 0.3) is 0 Å². The minimum absolute atomic E-state index is 0.00659. The molecule has 122 valence electrons. The number of methoxy groups -OCH3 is 1. The molecule has 1 unspecified atom stereocenters. The third-order valence-electron chi connectivity index (χ3n) is 5.19. The van der Waals surface area contributed by atoms with Gasteiger partial charge in [-0.1, -0.05) is 19.3 Å². The Labute approximate surface area is 126 Å². The van der Waals surface area contributed by atoms with Crippen molar-refractivity contribution in [2.75, 3.05) is 27.0 Å². The molecule has 2 saturated heterocycles. The number of alkyl halides is 1. The second-order valence-electron chi connectivity index (χ2n) is 6.55. The highest BCUT2D eigenvalue weighted by Gasteiger charge is 2.55. The normalized spacial score (nSPS) is 40.6. The van der Waals surface area contributed by atoms with Crippen LogP contribution in [0.15, 0.2) is 0 Å². The van der Waals surface area contributed by atoms with Crippen LogP contribution in [0.25, 0.3) is 0 Å². The van der Waals surface area contributed by atoms with Gasteiger partial charge in [0.05, 0.1) is 19.4 Å². The molecule has 2 heterocycles. The third kappa shape index (κ3) is 3.26. The monoisotopic (exact) mass is 302 g/mol. The van der Waals surface area contributed by atoms with E-state index >= 15 is 0 Å². The molecule has 21 heavy (non-hydrogen) atoms. The average Bonchev–Trinajstić information content (AvgIpc) is 2.88. The van der Waals surface area contributed by atoms with Crippen molar-refractivity contribution in [2.45, 2.75) is 69.0 Å². The van der Waals surface area contributed by atoms with Crippen LogP contribution in [-0.2, 0) is 18.9 Å². The van der Waals surface area contributed by atoms with Crippen molar-refractivity contribution in [3.05, 3.63) is 0 Å². The molecule has 0 amide bonds. The quantitative estimate of drug-likeness (QED) is 0.756. The van der Waals surface area contributed by atoms with Gasteiger partial charge in [0.2, 0.25) is 0 Å². The Morgan fingerprint density at radius 1 is 1.24 bits per heavy atom. The Balaban J connectivity index is 1.55. The summed E-state index contributed by atoms with van der Waals surface area (Å²) in [5.41, 5.74) is 0. The Hall–Kier alpha value is -0.230. The molecule has 3 rings (SSSR count). The second kappa shape index (κ2) is 6.90. The molecule has 3 fully saturated rings. The first-order valence-electron chi connectivity index (χ1n) is 8.29. The Kier molecular flexibility index (Phi) is 5.15. The zero-order valence-electron chi connectivity index (χ0n) is 12.9. The smallest absolute Gasteiger partial charge is 0.197 e. The lowest BCUT2D eigenvalue weighted by atomic mass is 9.90. The fraction of sp³-hybridized carbons (Fsp3) is 1.00. The van der Waals surface area contributed by atoms with Gasteiger partial charge >= 0.3 is 0 Å². The first-order chi connectivity index (χ1) is 10.3. The number of rotatable bonds is 6. The van der Waals surface area contributed by atoms with Gasteiger partial charge in [-0.2, -0.15) is 0 Å². The maximum atomic E-state index is 12.8. The van der Waals surface area contributed by atoms with Crippen molar-refractivity contribution < 1.29 is 23.3 Å². The summed E-state index contributed by atoms with van der Waals surface area (Å²) in [7, 11) is 1.63. The van der Waals surface area contributed by atoms with Gasteiger partial charge in [-0.25, -0.2) is 0 Å². The van der Waals surface area contributed by atoms with E-state index < -0.39 is 12.5 Å². The molecule has 2 bridgehead atoms. The average molecular weight is 302 g/mol. The van der Waals surface area contributed by atoms with Crippen molar-refractivity contribution in [1.29, 1.82) is 0 Å². The Bertz CT molecular complexity index is 334. The summed E-state index contributed by atoms with van der Waals surface area (Å²) in [5.74, 6) is -0.210. The molecule has 4 atom stereocenters. The molecule has 0 aromatic rings. The van der Waals surface area contributed by atoms with Crippen LogP contribution in [0.4, 0.5) is 4.39 Å². The highest BCUT2D eigenvalue weighted by Crippen LogP contribution is 2.42. The zero-order valence-corrected chi connectivity index (χ0v) is 12.9. The van der Waals surface area contributed by atoms with Gasteiger partial charge in [-0.15, -0.1) is 0 Å². The maximum absolute atomic E-state index is 12.8. The lowest BCUT2D eigenvalue weighted by Crippen LogP contribution is -2.53.